The zero-order valence-corrected chi connectivity index (χ0v) is 16.2. The Labute approximate surface area is 167 Å². The molecule has 1 unspecified atom stereocenters. The lowest BCUT2D eigenvalue weighted by atomic mass is 9.93. The molecule has 144 valence electrons. The molecule has 0 saturated carbocycles. The number of nitrogens with zero attached hydrogens (tertiary/aromatic N) is 1. The van der Waals surface area contributed by atoms with Crippen molar-refractivity contribution in [2.45, 2.75) is 19.4 Å². The van der Waals surface area contributed by atoms with Crippen molar-refractivity contribution in [3.05, 3.63) is 70.4 Å². The van der Waals surface area contributed by atoms with Crippen molar-refractivity contribution in [2.75, 3.05) is 12.4 Å². The van der Waals surface area contributed by atoms with Gasteiger partial charge in [0.2, 0.25) is 11.8 Å². The van der Waals surface area contributed by atoms with Crippen LogP contribution in [0.4, 0.5) is 5.69 Å². The molecule has 1 aliphatic heterocycles. The average Bonchev–Trinajstić information content (AvgIpc) is 2.69. The number of benzene rings is 2. The van der Waals surface area contributed by atoms with E-state index >= 15 is 0 Å². The summed E-state index contributed by atoms with van der Waals surface area (Å²) in [6.07, 6.45) is 3.58. The minimum absolute atomic E-state index is 0.0414. The van der Waals surface area contributed by atoms with Gasteiger partial charge in [0, 0.05) is 13.1 Å². The number of nitrogens with one attached hydrogen (secondary N) is 1. The Kier molecular flexibility index (Phi) is 5.80. The smallest absolute Gasteiger partial charge is 0.337 e. The number of halogens is 1. The summed E-state index contributed by atoms with van der Waals surface area (Å²) in [6.45, 7) is 1.46. The first-order valence-corrected chi connectivity index (χ1v) is 9.02. The van der Waals surface area contributed by atoms with Crippen molar-refractivity contribution < 1.29 is 19.1 Å². The van der Waals surface area contributed by atoms with Gasteiger partial charge in [0.25, 0.3) is 0 Å². The fourth-order valence-corrected chi connectivity index (χ4v) is 3.32. The van der Waals surface area contributed by atoms with E-state index in [0.717, 1.165) is 11.1 Å². The van der Waals surface area contributed by atoms with Gasteiger partial charge < -0.3 is 15.0 Å². The van der Waals surface area contributed by atoms with Crippen molar-refractivity contribution in [3.63, 3.8) is 0 Å². The van der Waals surface area contributed by atoms with Gasteiger partial charge in [-0.2, -0.15) is 0 Å². The number of amides is 2. The molecule has 0 bridgehead atoms. The zero-order valence-electron chi connectivity index (χ0n) is 15.4. The largest absolute Gasteiger partial charge is 0.465 e. The minimum atomic E-state index is -0.527. The monoisotopic (exact) mass is 398 g/mol. The Balaban J connectivity index is 1.83. The lowest BCUT2D eigenvalue weighted by Gasteiger charge is -2.32. The van der Waals surface area contributed by atoms with Crippen LogP contribution in [0.5, 0.6) is 0 Å². The molecule has 3 rings (SSSR count). The van der Waals surface area contributed by atoms with E-state index in [1.807, 2.05) is 30.3 Å². The highest BCUT2D eigenvalue weighted by molar-refractivity contribution is 6.33. The van der Waals surface area contributed by atoms with E-state index < -0.39 is 12.0 Å². The van der Waals surface area contributed by atoms with Crippen molar-refractivity contribution in [3.8, 4) is 0 Å². The molecule has 1 atom stereocenters. The number of methoxy groups -OCH3 is 1. The number of fused-ring (bicyclic) bond motifs is 1. The van der Waals surface area contributed by atoms with Gasteiger partial charge in [0.15, 0.2) is 0 Å². The molecule has 2 aromatic rings. The summed E-state index contributed by atoms with van der Waals surface area (Å²) >= 11 is 6.15. The third-order valence-electron chi connectivity index (χ3n) is 4.51. The number of carbonyl (C=O) groups excluding carboxylic acids is 3. The highest BCUT2D eigenvalue weighted by Gasteiger charge is 2.28. The van der Waals surface area contributed by atoms with E-state index in [9.17, 15) is 14.4 Å². The highest BCUT2D eigenvalue weighted by Crippen LogP contribution is 2.33. The number of esters is 1. The van der Waals surface area contributed by atoms with Crippen LogP contribution in [0.15, 0.2) is 48.7 Å². The molecule has 2 aromatic carbocycles. The Hall–Kier alpha value is -3.12. The van der Waals surface area contributed by atoms with Gasteiger partial charge >= 0.3 is 5.97 Å². The molecular formula is C21H19ClN2O4. The number of rotatable bonds is 4. The quantitative estimate of drug-likeness (QED) is 0.789. The topological polar surface area (TPSA) is 75.7 Å². The lowest BCUT2D eigenvalue weighted by molar-refractivity contribution is -0.129. The number of anilines is 1. The van der Waals surface area contributed by atoms with E-state index in [1.54, 1.807) is 6.20 Å². The highest BCUT2D eigenvalue weighted by atomic mass is 35.5. The molecule has 2 amide bonds. The molecule has 0 saturated heterocycles. The van der Waals surface area contributed by atoms with E-state index in [2.05, 4.69) is 5.32 Å². The number of carbonyl (C=O) groups is 3. The SMILES string of the molecule is COC(=O)c1ccc(Cl)c(NC(=O)CC2c3ccccc3C=CN2C(C)=O)c1. The van der Waals surface area contributed by atoms with Crippen LogP contribution in [-0.2, 0) is 14.3 Å². The summed E-state index contributed by atoms with van der Waals surface area (Å²) in [7, 11) is 1.28. The van der Waals surface area contributed by atoms with Crippen LogP contribution in [-0.4, -0.2) is 29.8 Å². The minimum Gasteiger partial charge on any atom is -0.465 e. The van der Waals surface area contributed by atoms with Gasteiger partial charge in [-0.1, -0.05) is 35.9 Å². The molecule has 0 fully saturated rings. The van der Waals surface area contributed by atoms with Crippen molar-refractivity contribution in [1.29, 1.82) is 0 Å². The number of ether oxygens (including phenoxy) is 1. The first-order valence-electron chi connectivity index (χ1n) is 8.64. The molecule has 0 radical (unpaired) electrons. The van der Waals surface area contributed by atoms with Gasteiger partial charge in [0.1, 0.15) is 0 Å². The Morgan fingerprint density at radius 3 is 2.64 bits per heavy atom. The molecule has 0 spiro atoms. The molecule has 0 aliphatic carbocycles. The summed E-state index contributed by atoms with van der Waals surface area (Å²) in [5.41, 5.74) is 2.44. The molecule has 1 aliphatic rings. The average molecular weight is 399 g/mol. The second-order valence-corrected chi connectivity index (χ2v) is 6.73. The Bertz CT molecular complexity index is 971. The molecule has 6 nitrogen and oxygen atoms in total. The van der Waals surface area contributed by atoms with Crippen molar-refractivity contribution >= 4 is 41.1 Å². The molecule has 0 aromatic heterocycles. The van der Waals surface area contributed by atoms with Crippen molar-refractivity contribution in [1.82, 2.24) is 4.90 Å². The number of hydrogen-bond donors (Lipinski definition) is 1. The van der Waals surface area contributed by atoms with E-state index in [4.69, 9.17) is 16.3 Å². The third-order valence-corrected chi connectivity index (χ3v) is 4.84. The summed E-state index contributed by atoms with van der Waals surface area (Å²) in [5, 5.41) is 3.03. The maximum atomic E-state index is 12.7. The molecule has 1 heterocycles. The standard InChI is InChI=1S/C21H19ClN2O4/c1-13(25)24-10-9-14-5-3-4-6-16(14)19(24)12-20(26)23-18-11-15(21(27)28-2)7-8-17(18)22/h3-11,19H,12H2,1-2H3,(H,23,26). The second-order valence-electron chi connectivity index (χ2n) is 6.33. The summed E-state index contributed by atoms with van der Waals surface area (Å²) in [5.74, 6) is -1.01. The first-order chi connectivity index (χ1) is 13.4. The fraction of sp³-hybridized carbons (Fsp3) is 0.190. The summed E-state index contributed by atoms with van der Waals surface area (Å²) < 4.78 is 4.69. The van der Waals surface area contributed by atoms with Crippen LogP contribution in [0.3, 0.4) is 0 Å². The van der Waals surface area contributed by atoms with Crippen LogP contribution in [0, 0.1) is 0 Å². The predicted molar refractivity (Wildman–Crippen MR) is 107 cm³/mol. The van der Waals surface area contributed by atoms with Gasteiger partial charge in [-0.3, -0.25) is 9.59 Å². The third kappa shape index (κ3) is 4.07. The Morgan fingerprint density at radius 2 is 1.93 bits per heavy atom. The fourth-order valence-electron chi connectivity index (χ4n) is 3.16. The molecule has 28 heavy (non-hydrogen) atoms. The Morgan fingerprint density at radius 1 is 1.18 bits per heavy atom. The van der Waals surface area contributed by atoms with Gasteiger partial charge in [-0.05, 0) is 35.4 Å². The molecule has 1 N–H and O–H groups in total. The van der Waals surface area contributed by atoms with E-state index in [1.165, 1.54) is 37.1 Å². The van der Waals surface area contributed by atoms with E-state index in [-0.39, 0.29) is 23.8 Å². The second kappa shape index (κ2) is 8.27. The van der Waals surface area contributed by atoms with Crippen LogP contribution in [0.25, 0.3) is 6.08 Å². The van der Waals surface area contributed by atoms with E-state index in [0.29, 0.717) is 10.7 Å². The van der Waals surface area contributed by atoms with Gasteiger partial charge in [0.05, 0.1) is 35.8 Å². The summed E-state index contributed by atoms with van der Waals surface area (Å²) in [6, 6.07) is 11.7. The first kappa shape index (κ1) is 19.6. The van der Waals surface area contributed by atoms with Crippen LogP contribution < -0.4 is 5.32 Å². The maximum absolute atomic E-state index is 12.7. The maximum Gasteiger partial charge on any atom is 0.337 e. The van der Waals surface area contributed by atoms with Gasteiger partial charge in [-0.15, -0.1) is 0 Å². The number of hydrogen-bond acceptors (Lipinski definition) is 4. The molecular weight excluding hydrogens is 380 g/mol. The van der Waals surface area contributed by atoms with Crippen LogP contribution in [0.1, 0.15) is 40.9 Å². The van der Waals surface area contributed by atoms with Crippen LogP contribution in [0.2, 0.25) is 5.02 Å². The van der Waals surface area contributed by atoms with Crippen molar-refractivity contribution in [2.24, 2.45) is 0 Å². The van der Waals surface area contributed by atoms with Gasteiger partial charge in [-0.25, -0.2) is 4.79 Å². The normalized spacial score (nSPS) is 15.0. The lowest BCUT2D eigenvalue weighted by Crippen LogP contribution is -2.33. The predicted octanol–water partition coefficient (Wildman–Crippen LogP) is 4.03. The van der Waals surface area contributed by atoms with Crippen LogP contribution >= 0.6 is 11.6 Å². The zero-order chi connectivity index (χ0) is 20.3. The summed E-state index contributed by atoms with van der Waals surface area (Å²) in [4.78, 5) is 38.0. The molecule has 7 heteroatoms.